The number of hydrogen-bond donors (Lipinski definition) is 1. The van der Waals surface area contributed by atoms with E-state index in [1.807, 2.05) is 56.3 Å². The second kappa shape index (κ2) is 6.73. The summed E-state index contributed by atoms with van der Waals surface area (Å²) in [6.45, 7) is 5.29. The van der Waals surface area contributed by atoms with Gasteiger partial charge in [-0.1, -0.05) is 23.8 Å². The van der Waals surface area contributed by atoms with Crippen LogP contribution < -0.4 is 14.8 Å². The highest BCUT2D eigenvalue weighted by molar-refractivity contribution is 5.94. The Kier molecular flexibility index (Phi) is 4.51. The Balaban J connectivity index is 1.72. The first-order valence-corrected chi connectivity index (χ1v) is 7.90. The van der Waals surface area contributed by atoms with Gasteiger partial charge >= 0.3 is 0 Å². The number of nitrogens with one attached hydrogen (secondary N) is 1. The van der Waals surface area contributed by atoms with Gasteiger partial charge in [0.1, 0.15) is 0 Å². The predicted molar refractivity (Wildman–Crippen MR) is 89.1 cm³/mol. The molecule has 0 saturated carbocycles. The van der Waals surface area contributed by atoms with Crippen LogP contribution in [0.4, 0.5) is 0 Å². The van der Waals surface area contributed by atoms with E-state index in [-0.39, 0.29) is 11.9 Å². The molecule has 3 rings (SSSR count). The minimum atomic E-state index is -0.110. The Morgan fingerprint density at radius 3 is 2.48 bits per heavy atom. The van der Waals surface area contributed by atoms with Gasteiger partial charge in [-0.05, 0) is 43.7 Å². The summed E-state index contributed by atoms with van der Waals surface area (Å²) in [5.41, 5.74) is 2.80. The molecule has 1 amide bonds. The summed E-state index contributed by atoms with van der Waals surface area (Å²) in [4.78, 5) is 12.3. The maximum atomic E-state index is 12.3. The van der Waals surface area contributed by atoms with Gasteiger partial charge in [0.2, 0.25) is 0 Å². The molecule has 0 aromatic heterocycles. The van der Waals surface area contributed by atoms with Gasteiger partial charge in [-0.25, -0.2) is 0 Å². The van der Waals surface area contributed by atoms with Crippen LogP contribution >= 0.6 is 0 Å². The second-order valence-electron chi connectivity index (χ2n) is 5.82. The highest BCUT2D eigenvalue weighted by Gasteiger charge is 2.15. The molecule has 1 heterocycles. The van der Waals surface area contributed by atoms with Crippen molar-refractivity contribution in [1.82, 2.24) is 5.32 Å². The smallest absolute Gasteiger partial charge is 0.251 e. The van der Waals surface area contributed by atoms with Crippen LogP contribution in [-0.2, 0) is 0 Å². The van der Waals surface area contributed by atoms with Crippen molar-refractivity contribution in [2.45, 2.75) is 26.3 Å². The topological polar surface area (TPSA) is 47.6 Å². The van der Waals surface area contributed by atoms with E-state index in [1.54, 1.807) is 0 Å². The van der Waals surface area contributed by atoms with Gasteiger partial charge in [-0.2, -0.15) is 0 Å². The molecule has 1 aliphatic heterocycles. The first-order valence-electron chi connectivity index (χ1n) is 7.90. The van der Waals surface area contributed by atoms with E-state index >= 15 is 0 Å². The number of rotatable bonds is 3. The standard InChI is InChI=1S/C19H21NO3/c1-13-4-6-15(7-5-13)19(21)20-14(2)16-8-9-17-18(12-16)23-11-3-10-22-17/h4-9,12,14H,3,10-11H2,1-2H3,(H,20,21)/t14-/m1/s1. The van der Waals surface area contributed by atoms with Gasteiger partial charge in [0, 0.05) is 12.0 Å². The molecule has 2 aromatic rings. The number of carbonyl (C=O) groups is 1. The normalized spacial score (nSPS) is 14.7. The molecule has 0 unspecified atom stereocenters. The Bertz CT molecular complexity index is 694. The van der Waals surface area contributed by atoms with Crippen LogP contribution in [0.25, 0.3) is 0 Å². The highest BCUT2D eigenvalue weighted by Crippen LogP contribution is 2.32. The molecule has 0 saturated heterocycles. The van der Waals surface area contributed by atoms with Gasteiger partial charge in [0.25, 0.3) is 5.91 Å². The van der Waals surface area contributed by atoms with E-state index in [0.29, 0.717) is 18.8 Å². The van der Waals surface area contributed by atoms with E-state index < -0.39 is 0 Å². The molecule has 1 atom stereocenters. The molecule has 1 N–H and O–H groups in total. The van der Waals surface area contributed by atoms with Crippen molar-refractivity contribution in [3.63, 3.8) is 0 Å². The lowest BCUT2D eigenvalue weighted by molar-refractivity contribution is 0.0940. The van der Waals surface area contributed by atoms with E-state index in [1.165, 1.54) is 0 Å². The molecule has 0 aliphatic carbocycles. The fourth-order valence-corrected chi connectivity index (χ4v) is 2.52. The minimum absolute atomic E-state index is 0.0791. The van der Waals surface area contributed by atoms with Crippen molar-refractivity contribution in [3.8, 4) is 11.5 Å². The molecule has 0 bridgehead atoms. The van der Waals surface area contributed by atoms with Crippen LogP contribution in [0.2, 0.25) is 0 Å². The number of fused-ring (bicyclic) bond motifs is 1. The van der Waals surface area contributed by atoms with Crippen LogP contribution in [0.5, 0.6) is 11.5 Å². The lowest BCUT2D eigenvalue weighted by Gasteiger charge is -2.16. The number of amides is 1. The fourth-order valence-electron chi connectivity index (χ4n) is 2.52. The summed E-state index contributed by atoms with van der Waals surface area (Å²) in [6.07, 6.45) is 0.879. The van der Waals surface area contributed by atoms with Crippen LogP contribution in [0, 0.1) is 6.92 Å². The summed E-state index contributed by atoms with van der Waals surface area (Å²) in [5.74, 6) is 1.43. The first-order chi connectivity index (χ1) is 11.1. The van der Waals surface area contributed by atoms with Gasteiger partial charge in [0.15, 0.2) is 11.5 Å². The molecule has 2 aromatic carbocycles. The molecule has 4 nitrogen and oxygen atoms in total. The minimum Gasteiger partial charge on any atom is -0.490 e. The van der Waals surface area contributed by atoms with Gasteiger partial charge < -0.3 is 14.8 Å². The molecule has 120 valence electrons. The van der Waals surface area contributed by atoms with Crippen molar-refractivity contribution < 1.29 is 14.3 Å². The Morgan fingerprint density at radius 2 is 1.74 bits per heavy atom. The van der Waals surface area contributed by atoms with Gasteiger partial charge in [-0.15, -0.1) is 0 Å². The van der Waals surface area contributed by atoms with E-state index in [2.05, 4.69) is 5.32 Å². The summed E-state index contributed by atoms with van der Waals surface area (Å²) in [6, 6.07) is 13.3. The van der Waals surface area contributed by atoms with E-state index in [0.717, 1.165) is 29.0 Å². The Hall–Kier alpha value is -2.49. The fraction of sp³-hybridized carbons (Fsp3) is 0.316. The van der Waals surface area contributed by atoms with Crippen molar-refractivity contribution in [1.29, 1.82) is 0 Å². The summed E-state index contributed by atoms with van der Waals surface area (Å²) in [5, 5.41) is 3.02. The molecular formula is C19H21NO3. The first kappa shape index (κ1) is 15.4. The molecular weight excluding hydrogens is 290 g/mol. The Morgan fingerprint density at radius 1 is 1.04 bits per heavy atom. The number of carbonyl (C=O) groups excluding carboxylic acids is 1. The lowest BCUT2D eigenvalue weighted by atomic mass is 10.1. The number of aryl methyl sites for hydroxylation is 1. The third kappa shape index (κ3) is 3.65. The quantitative estimate of drug-likeness (QED) is 0.941. The molecule has 0 fully saturated rings. The molecule has 0 radical (unpaired) electrons. The maximum Gasteiger partial charge on any atom is 0.251 e. The summed E-state index contributed by atoms with van der Waals surface area (Å²) < 4.78 is 11.3. The van der Waals surface area contributed by atoms with Crippen LogP contribution in [0.3, 0.4) is 0 Å². The average Bonchev–Trinajstić information content (AvgIpc) is 2.79. The SMILES string of the molecule is Cc1ccc(C(=O)N[C@H](C)c2ccc3c(c2)OCCCO3)cc1. The zero-order chi connectivity index (χ0) is 16.2. The van der Waals surface area contributed by atoms with Crippen LogP contribution in [0.1, 0.15) is 40.9 Å². The zero-order valence-electron chi connectivity index (χ0n) is 13.5. The third-order valence-electron chi connectivity index (χ3n) is 3.93. The maximum absolute atomic E-state index is 12.3. The zero-order valence-corrected chi connectivity index (χ0v) is 13.5. The third-order valence-corrected chi connectivity index (χ3v) is 3.93. The Labute approximate surface area is 136 Å². The van der Waals surface area contributed by atoms with Crippen molar-refractivity contribution >= 4 is 5.91 Å². The van der Waals surface area contributed by atoms with Crippen molar-refractivity contribution in [2.24, 2.45) is 0 Å². The van der Waals surface area contributed by atoms with E-state index in [9.17, 15) is 4.79 Å². The van der Waals surface area contributed by atoms with Gasteiger partial charge in [-0.3, -0.25) is 4.79 Å². The van der Waals surface area contributed by atoms with Crippen LogP contribution in [-0.4, -0.2) is 19.1 Å². The predicted octanol–water partition coefficient (Wildman–Crippen LogP) is 3.65. The molecule has 0 spiro atoms. The highest BCUT2D eigenvalue weighted by atomic mass is 16.5. The molecule has 23 heavy (non-hydrogen) atoms. The summed E-state index contributed by atoms with van der Waals surface area (Å²) in [7, 11) is 0. The van der Waals surface area contributed by atoms with Crippen molar-refractivity contribution in [3.05, 3.63) is 59.2 Å². The monoisotopic (exact) mass is 311 g/mol. The average molecular weight is 311 g/mol. The molecule has 4 heteroatoms. The second-order valence-corrected chi connectivity index (χ2v) is 5.82. The van der Waals surface area contributed by atoms with Crippen LogP contribution in [0.15, 0.2) is 42.5 Å². The molecule has 1 aliphatic rings. The number of hydrogen-bond acceptors (Lipinski definition) is 3. The summed E-state index contributed by atoms with van der Waals surface area (Å²) >= 11 is 0. The lowest BCUT2D eigenvalue weighted by Crippen LogP contribution is -2.26. The van der Waals surface area contributed by atoms with Crippen molar-refractivity contribution in [2.75, 3.05) is 13.2 Å². The largest absolute Gasteiger partial charge is 0.490 e. The number of benzene rings is 2. The van der Waals surface area contributed by atoms with Gasteiger partial charge in [0.05, 0.1) is 19.3 Å². The number of ether oxygens (including phenoxy) is 2. The van der Waals surface area contributed by atoms with E-state index in [4.69, 9.17) is 9.47 Å².